The zero-order chi connectivity index (χ0) is 15.8. The number of aliphatic hydroxyl groups excluding tert-OH is 1. The number of rotatable bonds is 2. The van der Waals surface area contributed by atoms with Crippen molar-refractivity contribution in [3.8, 4) is 0 Å². The number of hydrogen-bond acceptors (Lipinski definition) is 3. The minimum Gasteiger partial charge on any atom is -0.399 e. The second-order valence-corrected chi connectivity index (χ2v) is 6.05. The third-order valence-corrected chi connectivity index (χ3v) is 4.09. The molecule has 3 nitrogen and oxygen atoms in total. The minimum absolute atomic E-state index is 0.0527. The van der Waals surface area contributed by atoms with E-state index in [1.807, 2.05) is 18.7 Å². The third kappa shape index (κ3) is 3.68. The lowest BCUT2D eigenvalue weighted by molar-refractivity contribution is -0.138. The highest BCUT2D eigenvalue weighted by molar-refractivity contribution is 5.46. The number of anilines is 1. The molecule has 1 aliphatic rings. The van der Waals surface area contributed by atoms with Gasteiger partial charge in [0.1, 0.15) is 0 Å². The summed E-state index contributed by atoms with van der Waals surface area (Å²) in [6.07, 6.45) is -4.80. The van der Waals surface area contributed by atoms with Crippen molar-refractivity contribution in [3.05, 3.63) is 29.3 Å². The van der Waals surface area contributed by atoms with Gasteiger partial charge in [-0.15, -0.1) is 0 Å². The van der Waals surface area contributed by atoms with Crippen LogP contribution in [-0.4, -0.2) is 29.2 Å². The maximum Gasteiger partial charge on any atom is 0.416 e. The predicted molar refractivity (Wildman–Crippen MR) is 75.5 cm³/mol. The highest BCUT2D eigenvalue weighted by atomic mass is 19.4. The number of benzene rings is 1. The van der Waals surface area contributed by atoms with Crippen LogP contribution in [0.5, 0.6) is 0 Å². The first kappa shape index (κ1) is 16.1. The summed E-state index contributed by atoms with van der Waals surface area (Å²) in [5, 5.41) is 9.93. The van der Waals surface area contributed by atoms with Crippen LogP contribution in [0.2, 0.25) is 0 Å². The van der Waals surface area contributed by atoms with Crippen LogP contribution >= 0.6 is 0 Å². The highest BCUT2D eigenvalue weighted by Crippen LogP contribution is 2.34. The summed E-state index contributed by atoms with van der Waals surface area (Å²) in [5.41, 5.74) is 5.14. The molecule has 1 heterocycles. The summed E-state index contributed by atoms with van der Waals surface area (Å²) in [7, 11) is 0. The molecule has 1 aromatic carbocycles. The Hall–Kier alpha value is -1.27. The van der Waals surface area contributed by atoms with Crippen LogP contribution < -0.4 is 5.73 Å². The molecule has 0 bridgehead atoms. The topological polar surface area (TPSA) is 49.5 Å². The van der Waals surface area contributed by atoms with Gasteiger partial charge in [-0.1, -0.05) is 19.9 Å². The molecule has 118 valence electrons. The SMILES string of the molecule is CC1CN(Cc2ccc(N)cc2C(F)(F)F)CC(C)C1O. The summed E-state index contributed by atoms with van der Waals surface area (Å²) < 4.78 is 39.3. The van der Waals surface area contributed by atoms with Crippen molar-refractivity contribution in [1.29, 1.82) is 0 Å². The molecule has 3 N–H and O–H groups in total. The number of hydrogen-bond donors (Lipinski definition) is 2. The highest BCUT2D eigenvalue weighted by Gasteiger charge is 2.35. The van der Waals surface area contributed by atoms with Gasteiger partial charge < -0.3 is 10.8 Å². The Balaban J connectivity index is 2.20. The van der Waals surface area contributed by atoms with Gasteiger partial charge in [-0.25, -0.2) is 0 Å². The molecule has 2 unspecified atom stereocenters. The van der Waals surface area contributed by atoms with E-state index in [0.717, 1.165) is 6.07 Å². The molecular weight excluding hydrogens is 281 g/mol. The van der Waals surface area contributed by atoms with E-state index in [0.29, 0.717) is 13.1 Å². The average Bonchev–Trinajstić information content (AvgIpc) is 2.37. The summed E-state index contributed by atoms with van der Waals surface area (Å²) in [5.74, 6) is 0.105. The zero-order valence-electron chi connectivity index (χ0n) is 12.2. The number of nitrogen functional groups attached to an aromatic ring is 1. The molecule has 6 heteroatoms. The number of likely N-dealkylation sites (tertiary alicyclic amines) is 1. The van der Waals surface area contributed by atoms with Gasteiger partial charge in [0.05, 0.1) is 11.7 Å². The van der Waals surface area contributed by atoms with Gasteiger partial charge in [-0.05, 0) is 29.5 Å². The summed E-state index contributed by atoms with van der Waals surface area (Å²) in [4.78, 5) is 1.96. The number of nitrogens with zero attached hydrogens (tertiary/aromatic N) is 1. The average molecular weight is 302 g/mol. The predicted octanol–water partition coefficient (Wildman–Crippen LogP) is 2.74. The Morgan fingerprint density at radius 3 is 2.33 bits per heavy atom. The van der Waals surface area contributed by atoms with Crippen LogP contribution in [-0.2, 0) is 12.7 Å². The largest absolute Gasteiger partial charge is 0.416 e. The molecule has 0 spiro atoms. The van der Waals surface area contributed by atoms with Crippen LogP contribution in [0, 0.1) is 11.8 Å². The summed E-state index contributed by atoms with van der Waals surface area (Å²) >= 11 is 0. The van der Waals surface area contributed by atoms with Crippen molar-refractivity contribution in [1.82, 2.24) is 4.90 Å². The van der Waals surface area contributed by atoms with Gasteiger partial charge >= 0.3 is 6.18 Å². The van der Waals surface area contributed by atoms with Crippen LogP contribution in [0.3, 0.4) is 0 Å². The van der Waals surface area contributed by atoms with Crippen molar-refractivity contribution in [2.24, 2.45) is 11.8 Å². The Morgan fingerprint density at radius 2 is 1.81 bits per heavy atom. The lowest BCUT2D eigenvalue weighted by Crippen LogP contribution is -2.47. The number of nitrogens with two attached hydrogens (primary N) is 1. The van der Waals surface area contributed by atoms with Gasteiger partial charge in [0.2, 0.25) is 0 Å². The molecule has 1 aromatic rings. The van der Waals surface area contributed by atoms with Crippen LogP contribution in [0.15, 0.2) is 18.2 Å². The van der Waals surface area contributed by atoms with Gasteiger partial charge in [-0.2, -0.15) is 13.2 Å². The smallest absolute Gasteiger partial charge is 0.399 e. The van der Waals surface area contributed by atoms with Gasteiger partial charge in [0.15, 0.2) is 0 Å². The first-order chi connectivity index (χ1) is 9.68. The van der Waals surface area contributed by atoms with Crippen molar-refractivity contribution < 1.29 is 18.3 Å². The second-order valence-electron chi connectivity index (χ2n) is 6.05. The standard InChI is InChI=1S/C15H21F3N2O/c1-9-6-20(7-10(2)14(9)21)8-11-3-4-12(19)5-13(11)15(16,17)18/h3-5,9-10,14,21H,6-8,19H2,1-2H3. The molecule has 0 aromatic heterocycles. The maximum absolute atomic E-state index is 13.1. The van der Waals surface area contributed by atoms with Crippen molar-refractivity contribution in [2.75, 3.05) is 18.8 Å². The fraction of sp³-hybridized carbons (Fsp3) is 0.600. The third-order valence-electron chi connectivity index (χ3n) is 4.09. The molecule has 21 heavy (non-hydrogen) atoms. The maximum atomic E-state index is 13.1. The van der Waals surface area contributed by atoms with Crippen LogP contribution in [0.1, 0.15) is 25.0 Å². The molecular formula is C15H21F3N2O. The van der Waals surface area contributed by atoms with Crippen molar-refractivity contribution in [2.45, 2.75) is 32.7 Å². The molecule has 2 rings (SSSR count). The quantitative estimate of drug-likeness (QED) is 0.826. The first-order valence-corrected chi connectivity index (χ1v) is 7.04. The minimum atomic E-state index is -4.41. The van der Waals surface area contributed by atoms with E-state index in [-0.39, 0.29) is 29.6 Å². The number of alkyl halides is 3. The zero-order valence-corrected chi connectivity index (χ0v) is 12.2. The number of aliphatic hydroxyl groups is 1. The molecule has 0 saturated carbocycles. The molecule has 0 amide bonds. The van der Waals surface area contributed by atoms with E-state index >= 15 is 0 Å². The number of halogens is 3. The molecule has 0 radical (unpaired) electrons. The first-order valence-electron chi connectivity index (χ1n) is 7.04. The van der Waals surface area contributed by atoms with Crippen molar-refractivity contribution >= 4 is 5.69 Å². The van der Waals surface area contributed by atoms with Gasteiger partial charge in [0, 0.05) is 25.3 Å². The van der Waals surface area contributed by atoms with Gasteiger partial charge in [-0.3, -0.25) is 4.90 Å². The normalized spacial score (nSPS) is 27.8. The Kier molecular flexibility index (Phi) is 4.49. The molecule has 1 aliphatic heterocycles. The van der Waals surface area contributed by atoms with E-state index in [4.69, 9.17) is 5.73 Å². The van der Waals surface area contributed by atoms with E-state index in [1.165, 1.54) is 12.1 Å². The van der Waals surface area contributed by atoms with Crippen LogP contribution in [0.25, 0.3) is 0 Å². The summed E-state index contributed by atoms with van der Waals surface area (Å²) in [6.45, 7) is 5.23. The van der Waals surface area contributed by atoms with E-state index < -0.39 is 17.8 Å². The fourth-order valence-corrected chi connectivity index (χ4v) is 3.03. The molecule has 1 fully saturated rings. The second kappa shape index (κ2) is 5.85. The van der Waals surface area contributed by atoms with E-state index in [2.05, 4.69) is 0 Å². The fourth-order valence-electron chi connectivity index (χ4n) is 3.03. The Bertz CT molecular complexity index is 492. The monoisotopic (exact) mass is 302 g/mol. The van der Waals surface area contributed by atoms with E-state index in [1.54, 1.807) is 0 Å². The lowest BCUT2D eigenvalue weighted by Gasteiger charge is -2.39. The lowest BCUT2D eigenvalue weighted by atomic mass is 9.88. The molecule has 1 saturated heterocycles. The Labute approximate surface area is 122 Å². The van der Waals surface area contributed by atoms with Crippen LogP contribution in [0.4, 0.5) is 18.9 Å². The molecule has 0 aliphatic carbocycles. The molecule has 2 atom stereocenters. The number of piperidine rings is 1. The van der Waals surface area contributed by atoms with E-state index in [9.17, 15) is 18.3 Å². The Morgan fingerprint density at radius 1 is 1.24 bits per heavy atom. The van der Waals surface area contributed by atoms with Gasteiger partial charge in [0.25, 0.3) is 0 Å². The summed E-state index contributed by atoms with van der Waals surface area (Å²) in [6, 6.07) is 3.93. The van der Waals surface area contributed by atoms with Crippen molar-refractivity contribution in [3.63, 3.8) is 0 Å².